The predicted molar refractivity (Wildman–Crippen MR) is 114 cm³/mol. The fraction of sp³-hybridized carbons (Fsp3) is 0.364. The van der Waals surface area contributed by atoms with Crippen molar-refractivity contribution in [3.8, 4) is 0 Å². The molecule has 7 nitrogen and oxygen atoms in total. The van der Waals surface area contributed by atoms with Crippen LogP contribution in [0.15, 0.2) is 53.4 Å². The van der Waals surface area contributed by atoms with Crippen molar-refractivity contribution in [2.24, 2.45) is 0 Å². The number of para-hydroxylation sites is 1. The fourth-order valence-electron chi connectivity index (χ4n) is 3.39. The summed E-state index contributed by atoms with van der Waals surface area (Å²) in [4.78, 5) is 25.5. The number of hydrogen-bond donors (Lipinski definition) is 2. The van der Waals surface area contributed by atoms with Gasteiger partial charge >= 0.3 is 0 Å². The minimum Gasteiger partial charge on any atom is -0.376 e. The maximum absolute atomic E-state index is 12.9. The maximum Gasteiger partial charge on any atom is 0.257 e. The molecule has 2 aromatic carbocycles. The zero-order valence-corrected chi connectivity index (χ0v) is 17.7. The SMILES string of the molecule is CCCS(=O)(=O)c1ccccc1C(=O)Nc1ccccc1C(=O)NC[C@H]1CCCO1. The van der Waals surface area contributed by atoms with Crippen molar-refractivity contribution < 1.29 is 22.7 Å². The van der Waals surface area contributed by atoms with E-state index in [9.17, 15) is 18.0 Å². The van der Waals surface area contributed by atoms with E-state index in [4.69, 9.17) is 4.74 Å². The van der Waals surface area contributed by atoms with Gasteiger partial charge in [0.25, 0.3) is 11.8 Å². The summed E-state index contributed by atoms with van der Waals surface area (Å²) in [7, 11) is -3.58. The van der Waals surface area contributed by atoms with Crippen LogP contribution in [0.1, 0.15) is 46.9 Å². The second-order valence-corrected chi connectivity index (χ2v) is 9.24. The van der Waals surface area contributed by atoms with Crippen LogP contribution in [-0.2, 0) is 14.6 Å². The van der Waals surface area contributed by atoms with E-state index >= 15 is 0 Å². The van der Waals surface area contributed by atoms with Crippen LogP contribution in [0.4, 0.5) is 5.69 Å². The molecule has 2 aromatic rings. The number of anilines is 1. The van der Waals surface area contributed by atoms with Crippen molar-refractivity contribution in [1.29, 1.82) is 0 Å². The van der Waals surface area contributed by atoms with E-state index in [1.165, 1.54) is 12.1 Å². The molecule has 1 aliphatic heterocycles. The number of benzene rings is 2. The highest BCUT2D eigenvalue weighted by atomic mass is 32.2. The molecule has 1 saturated heterocycles. The third kappa shape index (κ3) is 5.25. The Bertz CT molecular complexity index is 1010. The molecule has 2 N–H and O–H groups in total. The van der Waals surface area contributed by atoms with Crippen LogP contribution >= 0.6 is 0 Å². The third-order valence-corrected chi connectivity index (χ3v) is 6.85. The minimum atomic E-state index is -3.58. The third-order valence-electron chi connectivity index (χ3n) is 4.87. The van der Waals surface area contributed by atoms with E-state index in [2.05, 4.69) is 10.6 Å². The lowest BCUT2D eigenvalue weighted by atomic mass is 10.1. The van der Waals surface area contributed by atoms with Gasteiger partial charge in [0, 0.05) is 13.2 Å². The highest BCUT2D eigenvalue weighted by Gasteiger charge is 2.23. The van der Waals surface area contributed by atoms with Crippen molar-refractivity contribution in [3.63, 3.8) is 0 Å². The molecule has 0 radical (unpaired) electrons. The largest absolute Gasteiger partial charge is 0.376 e. The van der Waals surface area contributed by atoms with E-state index in [0.29, 0.717) is 30.8 Å². The second-order valence-electron chi connectivity index (χ2n) is 7.16. The van der Waals surface area contributed by atoms with Crippen LogP contribution < -0.4 is 10.6 Å². The molecule has 1 fully saturated rings. The summed E-state index contributed by atoms with van der Waals surface area (Å²) in [6.07, 6.45) is 2.34. The first-order valence-corrected chi connectivity index (χ1v) is 11.7. The Morgan fingerprint density at radius 2 is 1.73 bits per heavy atom. The van der Waals surface area contributed by atoms with Gasteiger partial charge in [0.2, 0.25) is 0 Å². The number of ether oxygens (including phenoxy) is 1. The van der Waals surface area contributed by atoms with Crippen LogP contribution in [-0.4, -0.2) is 45.2 Å². The Hall–Kier alpha value is -2.71. The standard InChI is InChI=1S/C22H26N2O5S/c1-2-14-30(27,28)20-12-6-4-10-18(20)22(26)24-19-11-5-3-9-17(19)21(25)23-15-16-8-7-13-29-16/h3-6,9-12,16H,2,7-8,13-15H2,1H3,(H,23,25)(H,24,26)/t16-/m1/s1. The van der Waals surface area contributed by atoms with E-state index in [-0.39, 0.29) is 28.2 Å². The Morgan fingerprint density at radius 1 is 1.03 bits per heavy atom. The van der Waals surface area contributed by atoms with Crippen molar-refractivity contribution >= 4 is 27.3 Å². The molecule has 8 heteroatoms. The first-order chi connectivity index (χ1) is 14.4. The molecule has 1 heterocycles. The molecule has 3 rings (SSSR count). The van der Waals surface area contributed by atoms with Crippen LogP contribution in [0.2, 0.25) is 0 Å². The maximum atomic E-state index is 12.9. The monoisotopic (exact) mass is 430 g/mol. The number of amides is 2. The average Bonchev–Trinajstić information content (AvgIpc) is 3.26. The summed E-state index contributed by atoms with van der Waals surface area (Å²) < 4.78 is 30.6. The summed E-state index contributed by atoms with van der Waals surface area (Å²) in [6, 6.07) is 12.7. The quantitative estimate of drug-likeness (QED) is 0.670. The molecule has 0 saturated carbocycles. The number of carbonyl (C=O) groups excluding carboxylic acids is 2. The van der Waals surface area contributed by atoms with Gasteiger partial charge in [-0.15, -0.1) is 0 Å². The molecule has 30 heavy (non-hydrogen) atoms. The minimum absolute atomic E-state index is 0.00588. The van der Waals surface area contributed by atoms with Gasteiger partial charge in [0.1, 0.15) is 0 Å². The molecule has 0 aromatic heterocycles. The predicted octanol–water partition coefficient (Wildman–Crippen LogP) is 3.03. The van der Waals surface area contributed by atoms with Gasteiger partial charge in [-0.3, -0.25) is 9.59 Å². The highest BCUT2D eigenvalue weighted by Crippen LogP contribution is 2.21. The van der Waals surface area contributed by atoms with Gasteiger partial charge in [0.05, 0.1) is 33.6 Å². The average molecular weight is 431 g/mol. The van der Waals surface area contributed by atoms with Crippen LogP contribution in [0, 0.1) is 0 Å². The van der Waals surface area contributed by atoms with Crippen molar-refractivity contribution in [3.05, 3.63) is 59.7 Å². The Kier molecular flexibility index (Phi) is 7.23. The van der Waals surface area contributed by atoms with Gasteiger partial charge in [-0.05, 0) is 43.5 Å². The van der Waals surface area contributed by atoms with E-state index in [1.54, 1.807) is 43.3 Å². The highest BCUT2D eigenvalue weighted by molar-refractivity contribution is 7.91. The number of sulfone groups is 1. The van der Waals surface area contributed by atoms with Crippen LogP contribution in [0.5, 0.6) is 0 Å². The second kappa shape index (κ2) is 9.86. The lowest BCUT2D eigenvalue weighted by Crippen LogP contribution is -2.32. The Morgan fingerprint density at radius 3 is 2.43 bits per heavy atom. The van der Waals surface area contributed by atoms with E-state index < -0.39 is 15.7 Å². The molecular weight excluding hydrogens is 404 g/mol. The lowest BCUT2D eigenvalue weighted by Gasteiger charge is -2.15. The first-order valence-electron chi connectivity index (χ1n) is 10.0. The molecule has 0 aliphatic carbocycles. The molecule has 0 spiro atoms. The Balaban J connectivity index is 1.79. The number of hydrogen-bond acceptors (Lipinski definition) is 5. The zero-order chi connectivity index (χ0) is 21.6. The molecule has 1 atom stereocenters. The normalized spacial score (nSPS) is 16.2. The Labute approximate surface area is 176 Å². The summed E-state index contributed by atoms with van der Waals surface area (Å²) in [5, 5.41) is 5.53. The number of carbonyl (C=O) groups is 2. The summed E-state index contributed by atoms with van der Waals surface area (Å²) in [5.41, 5.74) is 0.674. The van der Waals surface area contributed by atoms with E-state index in [1.807, 2.05) is 0 Å². The molecular formula is C22H26N2O5S. The molecule has 0 bridgehead atoms. The van der Waals surface area contributed by atoms with Crippen LogP contribution in [0.25, 0.3) is 0 Å². The topological polar surface area (TPSA) is 102 Å². The van der Waals surface area contributed by atoms with E-state index in [0.717, 1.165) is 12.8 Å². The van der Waals surface area contributed by atoms with Gasteiger partial charge < -0.3 is 15.4 Å². The van der Waals surface area contributed by atoms with Gasteiger partial charge in [-0.2, -0.15) is 0 Å². The number of nitrogens with one attached hydrogen (secondary N) is 2. The van der Waals surface area contributed by atoms with Gasteiger partial charge in [-0.25, -0.2) is 8.42 Å². The summed E-state index contributed by atoms with van der Waals surface area (Å²) in [5.74, 6) is -0.947. The molecule has 0 unspecified atom stereocenters. The van der Waals surface area contributed by atoms with Crippen molar-refractivity contribution in [1.82, 2.24) is 5.32 Å². The molecule has 160 valence electrons. The first kappa shape index (κ1) is 22.0. The zero-order valence-electron chi connectivity index (χ0n) is 16.9. The molecule has 2 amide bonds. The summed E-state index contributed by atoms with van der Waals surface area (Å²) in [6.45, 7) is 2.87. The van der Waals surface area contributed by atoms with Crippen LogP contribution in [0.3, 0.4) is 0 Å². The smallest absolute Gasteiger partial charge is 0.257 e. The lowest BCUT2D eigenvalue weighted by molar-refractivity contribution is 0.0858. The van der Waals surface area contributed by atoms with Gasteiger partial charge in [-0.1, -0.05) is 31.2 Å². The molecule has 1 aliphatic rings. The van der Waals surface area contributed by atoms with Gasteiger partial charge in [0.15, 0.2) is 9.84 Å². The number of rotatable bonds is 8. The van der Waals surface area contributed by atoms with Crippen molar-refractivity contribution in [2.45, 2.75) is 37.2 Å². The van der Waals surface area contributed by atoms with Crippen molar-refractivity contribution in [2.75, 3.05) is 24.2 Å². The summed E-state index contributed by atoms with van der Waals surface area (Å²) >= 11 is 0. The fourth-order valence-corrected chi connectivity index (χ4v) is 4.93.